The van der Waals surface area contributed by atoms with E-state index in [-0.39, 0.29) is 0 Å². The number of nitrogens with zero attached hydrogens (tertiary/aromatic N) is 2. The molecule has 0 atom stereocenters. The Morgan fingerprint density at radius 1 is 1.29 bits per heavy atom. The SMILES string of the molecule is COc1ccc(-c2cn(CCN)c(C)n2)cc1. The van der Waals surface area contributed by atoms with Gasteiger partial charge in [0.15, 0.2) is 0 Å². The van der Waals surface area contributed by atoms with Crippen LogP contribution in [-0.2, 0) is 6.54 Å². The minimum absolute atomic E-state index is 0.624. The molecule has 0 radical (unpaired) electrons. The normalized spacial score (nSPS) is 10.5. The van der Waals surface area contributed by atoms with E-state index in [0.717, 1.165) is 29.4 Å². The molecule has 4 nitrogen and oxygen atoms in total. The Morgan fingerprint density at radius 2 is 2.00 bits per heavy atom. The molecular weight excluding hydrogens is 214 g/mol. The summed E-state index contributed by atoms with van der Waals surface area (Å²) in [6.45, 7) is 3.41. The van der Waals surface area contributed by atoms with Gasteiger partial charge in [-0.05, 0) is 31.2 Å². The van der Waals surface area contributed by atoms with E-state index >= 15 is 0 Å². The molecule has 2 rings (SSSR count). The molecule has 1 aromatic carbocycles. The predicted molar refractivity (Wildman–Crippen MR) is 68.0 cm³/mol. The molecule has 2 N–H and O–H groups in total. The molecule has 1 heterocycles. The first kappa shape index (κ1) is 11.7. The third-order valence-corrected chi connectivity index (χ3v) is 2.73. The number of nitrogens with two attached hydrogens (primary N) is 1. The van der Waals surface area contributed by atoms with Crippen molar-refractivity contribution in [1.29, 1.82) is 0 Å². The monoisotopic (exact) mass is 231 g/mol. The summed E-state index contributed by atoms with van der Waals surface area (Å²) in [6, 6.07) is 7.89. The molecule has 0 spiro atoms. The molecule has 0 amide bonds. The number of hydrogen-bond donors (Lipinski definition) is 1. The first-order valence-corrected chi connectivity index (χ1v) is 5.63. The van der Waals surface area contributed by atoms with E-state index in [4.69, 9.17) is 10.5 Å². The number of hydrogen-bond acceptors (Lipinski definition) is 3. The Balaban J connectivity index is 2.29. The van der Waals surface area contributed by atoms with Crippen LogP contribution in [-0.4, -0.2) is 23.2 Å². The average Bonchev–Trinajstić information content (AvgIpc) is 2.72. The van der Waals surface area contributed by atoms with Crippen molar-refractivity contribution in [3.63, 3.8) is 0 Å². The summed E-state index contributed by atoms with van der Waals surface area (Å²) in [7, 11) is 1.66. The van der Waals surface area contributed by atoms with Crippen molar-refractivity contribution >= 4 is 0 Å². The summed E-state index contributed by atoms with van der Waals surface area (Å²) in [4.78, 5) is 4.52. The van der Waals surface area contributed by atoms with Crippen LogP contribution in [0.3, 0.4) is 0 Å². The van der Waals surface area contributed by atoms with E-state index in [1.54, 1.807) is 7.11 Å². The fourth-order valence-electron chi connectivity index (χ4n) is 1.77. The Hall–Kier alpha value is -1.81. The summed E-state index contributed by atoms with van der Waals surface area (Å²) >= 11 is 0. The van der Waals surface area contributed by atoms with E-state index < -0.39 is 0 Å². The number of ether oxygens (including phenoxy) is 1. The highest BCUT2D eigenvalue weighted by atomic mass is 16.5. The highest BCUT2D eigenvalue weighted by molar-refractivity contribution is 5.59. The maximum atomic E-state index is 5.55. The van der Waals surface area contributed by atoms with Gasteiger partial charge in [0.05, 0.1) is 12.8 Å². The van der Waals surface area contributed by atoms with Gasteiger partial charge in [-0.15, -0.1) is 0 Å². The van der Waals surface area contributed by atoms with Crippen molar-refractivity contribution in [3.8, 4) is 17.0 Å². The molecular formula is C13H17N3O. The second-order valence-electron chi connectivity index (χ2n) is 3.88. The fraction of sp³-hybridized carbons (Fsp3) is 0.308. The first-order chi connectivity index (χ1) is 8.24. The van der Waals surface area contributed by atoms with Crippen LogP contribution in [0.2, 0.25) is 0 Å². The van der Waals surface area contributed by atoms with Gasteiger partial charge in [-0.1, -0.05) is 0 Å². The Labute approximate surface area is 101 Å². The second-order valence-corrected chi connectivity index (χ2v) is 3.88. The second kappa shape index (κ2) is 5.01. The van der Waals surface area contributed by atoms with Gasteiger partial charge >= 0.3 is 0 Å². The molecule has 0 fully saturated rings. The van der Waals surface area contributed by atoms with Gasteiger partial charge in [0.1, 0.15) is 11.6 Å². The standard InChI is InChI=1S/C13H17N3O/c1-10-15-13(9-16(10)8-7-14)11-3-5-12(17-2)6-4-11/h3-6,9H,7-8,14H2,1-2H3. The van der Waals surface area contributed by atoms with Gasteiger partial charge in [-0.2, -0.15) is 0 Å². The number of methoxy groups -OCH3 is 1. The van der Waals surface area contributed by atoms with Gasteiger partial charge in [-0.25, -0.2) is 4.98 Å². The molecule has 0 aliphatic heterocycles. The third kappa shape index (κ3) is 2.47. The van der Waals surface area contributed by atoms with E-state index in [0.29, 0.717) is 6.54 Å². The zero-order valence-corrected chi connectivity index (χ0v) is 10.2. The van der Waals surface area contributed by atoms with Crippen LogP contribution in [0, 0.1) is 6.92 Å². The molecule has 2 aromatic rings. The van der Waals surface area contributed by atoms with Crippen molar-refractivity contribution < 1.29 is 4.74 Å². The largest absolute Gasteiger partial charge is 0.497 e. The Morgan fingerprint density at radius 3 is 2.59 bits per heavy atom. The van der Waals surface area contributed by atoms with Crippen LogP contribution in [0.4, 0.5) is 0 Å². The van der Waals surface area contributed by atoms with Crippen LogP contribution >= 0.6 is 0 Å². The highest BCUT2D eigenvalue weighted by Crippen LogP contribution is 2.21. The molecule has 4 heteroatoms. The van der Waals surface area contributed by atoms with Crippen LogP contribution in [0.5, 0.6) is 5.75 Å². The lowest BCUT2D eigenvalue weighted by Gasteiger charge is -2.00. The molecule has 0 saturated heterocycles. The number of aryl methyl sites for hydroxylation is 1. The molecule has 0 unspecified atom stereocenters. The quantitative estimate of drug-likeness (QED) is 0.873. The lowest BCUT2D eigenvalue weighted by molar-refractivity contribution is 0.415. The van der Waals surface area contributed by atoms with E-state index in [1.807, 2.05) is 37.4 Å². The van der Waals surface area contributed by atoms with Crippen molar-refractivity contribution in [2.75, 3.05) is 13.7 Å². The van der Waals surface area contributed by atoms with E-state index in [1.165, 1.54) is 0 Å². The summed E-state index contributed by atoms with van der Waals surface area (Å²) in [5.74, 6) is 1.84. The number of aromatic nitrogens is 2. The maximum absolute atomic E-state index is 5.55. The molecule has 0 saturated carbocycles. The van der Waals surface area contributed by atoms with E-state index in [2.05, 4.69) is 9.55 Å². The fourth-order valence-corrected chi connectivity index (χ4v) is 1.77. The molecule has 1 aromatic heterocycles. The van der Waals surface area contributed by atoms with Crippen molar-refractivity contribution in [2.24, 2.45) is 5.73 Å². The first-order valence-electron chi connectivity index (χ1n) is 5.63. The smallest absolute Gasteiger partial charge is 0.118 e. The Kier molecular flexibility index (Phi) is 3.44. The van der Waals surface area contributed by atoms with Gasteiger partial charge in [-0.3, -0.25) is 0 Å². The lowest BCUT2D eigenvalue weighted by Crippen LogP contribution is -2.10. The molecule has 0 aliphatic carbocycles. The van der Waals surface area contributed by atoms with Crippen LogP contribution < -0.4 is 10.5 Å². The molecule has 0 aliphatic rings. The third-order valence-electron chi connectivity index (χ3n) is 2.73. The molecule has 0 bridgehead atoms. The molecule has 17 heavy (non-hydrogen) atoms. The van der Waals surface area contributed by atoms with E-state index in [9.17, 15) is 0 Å². The summed E-state index contributed by atoms with van der Waals surface area (Å²) in [5, 5.41) is 0. The molecule has 90 valence electrons. The highest BCUT2D eigenvalue weighted by Gasteiger charge is 2.05. The average molecular weight is 231 g/mol. The van der Waals surface area contributed by atoms with Gasteiger partial charge in [0.25, 0.3) is 0 Å². The summed E-state index contributed by atoms with van der Waals surface area (Å²) in [6.07, 6.45) is 2.03. The topological polar surface area (TPSA) is 53.1 Å². The number of imidazole rings is 1. The number of rotatable bonds is 4. The zero-order valence-electron chi connectivity index (χ0n) is 10.2. The zero-order chi connectivity index (χ0) is 12.3. The van der Waals surface area contributed by atoms with Gasteiger partial charge in [0.2, 0.25) is 0 Å². The minimum Gasteiger partial charge on any atom is -0.497 e. The van der Waals surface area contributed by atoms with Crippen molar-refractivity contribution in [2.45, 2.75) is 13.5 Å². The number of benzene rings is 1. The van der Waals surface area contributed by atoms with Crippen molar-refractivity contribution in [1.82, 2.24) is 9.55 Å². The summed E-state index contributed by atoms with van der Waals surface area (Å²) < 4.78 is 7.20. The minimum atomic E-state index is 0.624. The predicted octanol–water partition coefficient (Wildman–Crippen LogP) is 1.83. The van der Waals surface area contributed by atoms with Gasteiger partial charge in [0, 0.05) is 24.8 Å². The van der Waals surface area contributed by atoms with Crippen molar-refractivity contribution in [3.05, 3.63) is 36.3 Å². The van der Waals surface area contributed by atoms with Crippen LogP contribution in [0.25, 0.3) is 11.3 Å². The Bertz CT molecular complexity index is 488. The summed E-state index contributed by atoms with van der Waals surface area (Å²) in [5.41, 5.74) is 7.61. The lowest BCUT2D eigenvalue weighted by atomic mass is 10.2. The van der Waals surface area contributed by atoms with Crippen LogP contribution in [0.1, 0.15) is 5.82 Å². The van der Waals surface area contributed by atoms with Crippen LogP contribution in [0.15, 0.2) is 30.5 Å². The van der Waals surface area contributed by atoms with Gasteiger partial charge < -0.3 is 15.0 Å². The maximum Gasteiger partial charge on any atom is 0.118 e.